The lowest BCUT2D eigenvalue weighted by Crippen LogP contribution is -2.06. The molecule has 0 spiro atoms. The number of nitrogens with zero attached hydrogens (tertiary/aromatic N) is 2. The van der Waals surface area contributed by atoms with Gasteiger partial charge in [-0.1, -0.05) is 24.3 Å². The first-order valence-electron chi connectivity index (χ1n) is 7.01. The molecule has 0 aliphatic rings. The highest BCUT2D eigenvalue weighted by molar-refractivity contribution is 5.97. The fraction of sp³-hybridized carbons (Fsp3) is 0. The Balaban J connectivity index is 0.00000169. The Kier molecular flexibility index (Phi) is 4.05. The predicted molar refractivity (Wildman–Crippen MR) is 95.8 cm³/mol. The molecule has 0 saturated carbocycles. The number of nitrogens with two attached hydrogens (primary N) is 1. The molecule has 0 saturated heterocycles. The Morgan fingerprint density at radius 2 is 1.75 bits per heavy atom. The summed E-state index contributed by atoms with van der Waals surface area (Å²) in [5.74, 6) is 1.18. The summed E-state index contributed by atoms with van der Waals surface area (Å²) >= 11 is 0. The maximum absolute atomic E-state index is 11.4. The van der Waals surface area contributed by atoms with Crippen LogP contribution in [0.1, 0.15) is 0 Å². The third-order valence-electron chi connectivity index (χ3n) is 3.58. The number of benzene rings is 2. The first-order valence-corrected chi connectivity index (χ1v) is 7.01. The molecule has 0 unspecified atom stereocenters. The van der Waals surface area contributed by atoms with Crippen LogP contribution in [0, 0.1) is 0 Å². The number of H-pyrrole nitrogens is 1. The second kappa shape index (κ2) is 6.17. The maximum Gasteiger partial charge on any atom is 0.268 e. The van der Waals surface area contributed by atoms with Gasteiger partial charge < -0.3 is 15.5 Å². The zero-order chi connectivity index (χ0) is 15.8. The van der Waals surface area contributed by atoms with E-state index in [4.69, 9.17) is 10.5 Å². The summed E-state index contributed by atoms with van der Waals surface area (Å²) in [6.45, 7) is 0. The van der Waals surface area contributed by atoms with Gasteiger partial charge in [0.25, 0.3) is 5.56 Å². The van der Waals surface area contributed by atoms with Gasteiger partial charge in [-0.15, -0.1) is 12.4 Å². The minimum atomic E-state index is -0.305. The topological polar surface area (TPSA) is 93.9 Å². The number of nitrogen functional groups attached to an aromatic ring is 1. The lowest BCUT2D eigenvalue weighted by Gasteiger charge is -2.11. The molecule has 2 aromatic carbocycles. The van der Waals surface area contributed by atoms with Gasteiger partial charge in [-0.25, -0.2) is 9.97 Å². The van der Waals surface area contributed by atoms with Gasteiger partial charge in [0, 0.05) is 28.7 Å². The van der Waals surface area contributed by atoms with Gasteiger partial charge in [0.15, 0.2) is 11.4 Å². The Bertz CT molecular complexity index is 1090. The van der Waals surface area contributed by atoms with Gasteiger partial charge in [-0.05, 0) is 12.1 Å². The molecule has 120 valence electrons. The molecule has 24 heavy (non-hydrogen) atoms. The van der Waals surface area contributed by atoms with Crippen molar-refractivity contribution in [2.75, 3.05) is 5.73 Å². The number of ether oxygens (including phenoxy) is 1. The van der Waals surface area contributed by atoms with Gasteiger partial charge >= 0.3 is 0 Å². The van der Waals surface area contributed by atoms with Gasteiger partial charge in [0.2, 0.25) is 0 Å². The number of anilines is 1. The van der Waals surface area contributed by atoms with E-state index in [1.54, 1.807) is 18.3 Å². The number of hydrogen-bond donors (Lipinski definition) is 2. The van der Waals surface area contributed by atoms with Crippen LogP contribution in [-0.4, -0.2) is 15.0 Å². The van der Waals surface area contributed by atoms with E-state index in [0.29, 0.717) is 28.4 Å². The van der Waals surface area contributed by atoms with Crippen LogP contribution in [0.2, 0.25) is 0 Å². The highest BCUT2D eigenvalue weighted by atomic mass is 35.5. The van der Waals surface area contributed by atoms with Crippen molar-refractivity contribution in [3.05, 3.63) is 65.2 Å². The van der Waals surface area contributed by atoms with E-state index >= 15 is 0 Å². The number of hydrogen-bond acceptors (Lipinski definition) is 5. The summed E-state index contributed by atoms with van der Waals surface area (Å²) in [4.78, 5) is 22.2. The predicted octanol–water partition coefficient (Wildman–Crippen LogP) is 3.27. The first kappa shape index (κ1) is 15.8. The second-order valence-electron chi connectivity index (χ2n) is 5.05. The molecule has 0 bridgehead atoms. The summed E-state index contributed by atoms with van der Waals surface area (Å²) in [6, 6.07) is 13.1. The molecular formula is C17H13ClN4O2. The fourth-order valence-corrected chi connectivity index (χ4v) is 2.51. The Labute approximate surface area is 142 Å². The molecule has 4 aromatic rings. The first-order chi connectivity index (χ1) is 11.2. The SMILES string of the molecule is Cl.Nc1ccc(Oc2ccnc3[nH]c(=O)cnc23)c2ccccc12. The molecule has 4 rings (SSSR count). The van der Waals surface area contributed by atoms with Crippen LogP contribution in [0.25, 0.3) is 21.9 Å². The number of halogens is 1. The lowest BCUT2D eigenvalue weighted by atomic mass is 10.1. The lowest BCUT2D eigenvalue weighted by molar-refractivity contribution is 0.492. The monoisotopic (exact) mass is 340 g/mol. The van der Waals surface area contributed by atoms with E-state index in [2.05, 4.69) is 15.0 Å². The number of fused-ring (bicyclic) bond motifs is 2. The molecule has 6 nitrogen and oxygen atoms in total. The summed E-state index contributed by atoms with van der Waals surface area (Å²) in [6.07, 6.45) is 2.77. The molecule has 0 amide bonds. The molecule has 0 aliphatic heterocycles. The van der Waals surface area contributed by atoms with E-state index in [1.165, 1.54) is 6.20 Å². The van der Waals surface area contributed by atoms with Gasteiger partial charge in [-0.3, -0.25) is 4.79 Å². The third kappa shape index (κ3) is 2.63. The van der Waals surface area contributed by atoms with E-state index in [-0.39, 0.29) is 18.0 Å². The minimum absolute atomic E-state index is 0. The molecule has 0 fully saturated rings. The largest absolute Gasteiger partial charge is 0.454 e. The van der Waals surface area contributed by atoms with Crippen molar-refractivity contribution in [3.63, 3.8) is 0 Å². The highest BCUT2D eigenvalue weighted by Gasteiger charge is 2.10. The number of aromatic amines is 1. The quantitative estimate of drug-likeness (QED) is 0.546. The van der Waals surface area contributed by atoms with Crippen LogP contribution in [0.3, 0.4) is 0 Å². The van der Waals surface area contributed by atoms with Crippen molar-refractivity contribution in [1.29, 1.82) is 0 Å². The Morgan fingerprint density at radius 1 is 0.958 bits per heavy atom. The summed E-state index contributed by atoms with van der Waals surface area (Å²) in [7, 11) is 0. The number of nitrogens with one attached hydrogen (secondary N) is 1. The van der Waals surface area contributed by atoms with E-state index in [0.717, 1.165) is 10.8 Å². The third-order valence-corrected chi connectivity index (χ3v) is 3.58. The molecule has 2 aromatic heterocycles. The van der Waals surface area contributed by atoms with E-state index in [9.17, 15) is 4.79 Å². The van der Waals surface area contributed by atoms with Crippen molar-refractivity contribution in [2.45, 2.75) is 0 Å². The van der Waals surface area contributed by atoms with Crippen molar-refractivity contribution in [2.24, 2.45) is 0 Å². The minimum Gasteiger partial charge on any atom is -0.454 e. The zero-order valence-electron chi connectivity index (χ0n) is 12.4. The van der Waals surface area contributed by atoms with Crippen LogP contribution in [0.15, 0.2) is 59.7 Å². The number of aromatic nitrogens is 3. The molecule has 0 radical (unpaired) electrons. The van der Waals surface area contributed by atoms with Gasteiger partial charge in [0.05, 0.1) is 6.20 Å². The van der Waals surface area contributed by atoms with Crippen molar-refractivity contribution in [1.82, 2.24) is 15.0 Å². The van der Waals surface area contributed by atoms with Crippen LogP contribution >= 0.6 is 12.4 Å². The average molecular weight is 341 g/mol. The molecular weight excluding hydrogens is 328 g/mol. The fourth-order valence-electron chi connectivity index (χ4n) is 2.51. The van der Waals surface area contributed by atoms with Crippen molar-refractivity contribution >= 4 is 40.0 Å². The molecule has 0 aliphatic carbocycles. The normalized spacial score (nSPS) is 10.5. The Hall–Kier alpha value is -3.12. The smallest absolute Gasteiger partial charge is 0.268 e. The van der Waals surface area contributed by atoms with Crippen LogP contribution < -0.4 is 16.0 Å². The molecule has 7 heteroatoms. The summed E-state index contributed by atoms with van der Waals surface area (Å²) in [5.41, 5.74) is 7.27. The summed E-state index contributed by atoms with van der Waals surface area (Å²) < 4.78 is 6.02. The van der Waals surface area contributed by atoms with E-state index < -0.39 is 0 Å². The highest BCUT2D eigenvalue weighted by Crippen LogP contribution is 2.34. The zero-order valence-corrected chi connectivity index (χ0v) is 13.2. The average Bonchev–Trinajstić information content (AvgIpc) is 2.57. The molecule has 3 N–H and O–H groups in total. The van der Waals surface area contributed by atoms with Crippen molar-refractivity contribution in [3.8, 4) is 11.5 Å². The molecule has 2 heterocycles. The maximum atomic E-state index is 11.4. The van der Waals surface area contributed by atoms with Gasteiger partial charge in [0.1, 0.15) is 11.3 Å². The standard InChI is InChI=1S/C17H12N4O2.ClH/c18-12-5-6-13(11-4-2-1-3-10(11)12)23-14-7-8-19-17-16(14)20-9-15(22)21-17;/h1-9H,18H2,(H,19,21,22);1H. The summed E-state index contributed by atoms with van der Waals surface area (Å²) in [5, 5.41) is 1.83. The van der Waals surface area contributed by atoms with Crippen LogP contribution in [-0.2, 0) is 0 Å². The second-order valence-corrected chi connectivity index (χ2v) is 5.05. The van der Waals surface area contributed by atoms with Crippen LogP contribution in [0.4, 0.5) is 5.69 Å². The van der Waals surface area contributed by atoms with Crippen molar-refractivity contribution < 1.29 is 4.74 Å². The van der Waals surface area contributed by atoms with Crippen LogP contribution in [0.5, 0.6) is 11.5 Å². The Morgan fingerprint density at radius 3 is 2.58 bits per heavy atom. The number of pyridine rings is 1. The molecule has 0 atom stereocenters. The van der Waals surface area contributed by atoms with Gasteiger partial charge in [-0.2, -0.15) is 0 Å². The number of rotatable bonds is 2. The van der Waals surface area contributed by atoms with E-state index in [1.807, 2.05) is 30.3 Å².